The number of hydrogen-bond acceptors (Lipinski definition) is 3. The van der Waals surface area contributed by atoms with Crippen LogP contribution >= 0.6 is 0 Å². The van der Waals surface area contributed by atoms with Gasteiger partial charge in [-0.15, -0.1) is 12.3 Å². The summed E-state index contributed by atoms with van der Waals surface area (Å²) in [6, 6.07) is 10.1. The van der Waals surface area contributed by atoms with E-state index in [1.165, 1.54) is 5.56 Å². The Balaban J connectivity index is 1.95. The maximum absolute atomic E-state index is 6.10. The SMILES string of the molecule is C#CCc1c(C)nc2c(OCc3c(C)cccc3NC)cccn12. The van der Waals surface area contributed by atoms with Crippen LogP contribution in [0.2, 0.25) is 0 Å². The van der Waals surface area contributed by atoms with Crippen LogP contribution in [0, 0.1) is 26.2 Å². The Hall–Kier alpha value is -2.93. The molecule has 24 heavy (non-hydrogen) atoms. The van der Waals surface area contributed by atoms with Gasteiger partial charge in [0.05, 0.1) is 17.8 Å². The maximum atomic E-state index is 6.10. The second-order valence-electron chi connectivity index (χ2n) is 5.73. The molecule has 0 bridgehead atoms. The van der Waals surface area contributed by atoms with Crippen molar-refractivity contribution >= 4 is 11.3 Å². The summed E-state index contributed by atoms with van der Waals surface area (Å²) in [6.07, 6.45) is 8.00. The molecule has 3 aromatic rings. The first-order chi connectivity index (χ1) is 11.7. The van der Waals surface area contributed by atoms with Gasteiger partial charge in [0, 0.05) is 24.5 Å². The highest BCUT2D eigenvalue weighted by Gasteiger charge is 2.13. The lowest BCUT2D eigenvalue weighted by Crippen LogP contribution is -2.04. The van der Waals surface area contributed by atoms with Gasteiger partial charge in [-0.2, -0.15) is 0 Å². The standard InChI is InChI=1S/C20H21N3O/c1-5-8-18-15(3)22-20-19(11-7-12-23(18)20)24-13-16-14(2)9-6-10-17(16)21-4/h1,6-7,9-12,21H,8,13H2,2-4H3. The quantitative estimate of drug-likeness (QED) is 0.728. The number of rotatable bonds is 5. The fraction of sp³-hybridized carbons (Fsp3) is 0.250. The zero-order chi connectivity index (χ0) is 17.1. The van der Waals surface area contributed by atoms with E-state index in [0.29, 0.717) is 13.0 Å². The Bertz CT molecular complexity index is 919. The van der Waals surface area contributed by atoms with Gasteiger partial charge in [-0.25, -0.2) is 4.98 Å². The van der Waals surface area contributed by atoms with Gasteiger partial charge in [0.25, 0.3) is 0 Å². The first-order valence-corrected chi connectivity index (χ1v) is 7.94. The Morgan fingerprint density at radius 3 is 2.83 bits per heavy atom. The molecule has 0 saturated carbocycles. The number of benzene rings is 1. The van der Waals surface area contributed by atoms with Crippen molar-refractivity contribution in [1.29, 1.82) is 0 Å². The first kappa shape index (κ1) is 15.9. The van der Waals surface area contributed by atoms with E-state index in [2.05, 4.69) is 35.3 Å². The van der Waals surface area contributed by atoms with Crippen molar-refractivity contribution in [3.63, 3.8) is 0 Å². The zero-order valence-corrected chi connectivity index (χ0v) is 14.3. The molecule has 2 aromatic heterocycles. The molecule has 0 aliphatic carbocycles. The number of aromatic nitrogens is 2. The smallest absolute Gasteiger partial charge is 0.180 e. The second-order valence-corrected chi connectivity index (χ2v) is 5.73. The fourth-order valence-electron chi connectivity index (χ4n) is 2.91. The topological polar surface area (TPSA) is 38.6 Å². The second kappa shape index (κ2) is 6.67. The number of nitrogens with zero attached hydrogens (tertiary/aromatic N) is 2. The first-order valence-electron chi connectivity index (χ1n) is 7.94. The van der Waals surface area contributed by atoms with Crippen LogP contribution in [0.5, 0.6) is 5.75 Å². The lowest BCUT2D eigenvalue weighted by atomic mass is 10.1. The molecule has 0 radical (unpaired) electrons. The molecule has 0 spiro atoms. The molecule has 0 saturated heterocycles. The maximum Gasteiger partial charge on any atom is 0.180 e. The fourth-order valence-corrected chi connectivity index (χ4v) is 2.91. The van der Waals surface area contributed by atoms with Crippen molar-refractivity contribution in [2.24, 2.45) is 0 Å². The minimum Gasteiger partial charge on any atom is -0.485 e. The van der Waals surface area contributed by atoms with Crippen molar-refractivity contribution in [2.75, 3.05) is 12.4 Å². The van der Waals surface area contributed by atoms with Gasteiger partial charge in [0.2, 0.25) is 0 Å². The summed E-state index contributed by atoms with van der Waals surface area (Å²) in [4.78, 5) is 4.64. The van der Waals surface area contributed by atoms with Crippen molar-refractivity contribution < 1.29 is 4.74 Å². The highest BCUT2D eigenvalue weighted by atomic mass is 16.5. The summed E-state index contributed by atoms with van der Waals surface area (Å²) in [6.45, 7) is 4.55. The molecule has 0 unspecified atom stereocenters. The Labute approximate surface area is 142 Å². The Morgan fingerprint density at radius 1 is 1.25 bits per heavy atom. The molecule has 2 heterocycles. The van der Waals surface area contributed by atoms with Gasteiger partial charge in [-0.3, -0.25) is 4.40 Å². The minimum atomic E-state index is 0.485. The van der Waals surface area contributed by atoms with Crippen molar-refractivity contribution in [1.82, 2.24) is 9.38 Å². The number of imidazole rings is 1. The largest absolute Gasteiger partial charge is 0.485 e. The molecule has 0 fully saturated rings. The predicted octanol–water partition coefficient (Wildman–Crippen LogP) is 3.75. The van der Waals surface area contributed by atoms with Gasteiger partial charge in [-0.1, -0.05) is 12.1 Å². The highest BCUT2D eigenvalue weighted by molar-refractivity contribution is 5.57. The lowest BCUT2D eigenvalue weighted by molar-refractivity contribution is 0.308. The summed E-state index contributed by atoms with van der Waals surface area (Å²) >= 11 is 0. The number of fused-ring (bicyclic) bond motifs is 1. The molecule has 3 rings (SSSR count). The minimum absolute atomic E-state index is 0.485. The van der Waals surface area contributed by atoms with Crippen LogP contribution in [0.1, 0.15) is 22.5 Å². The van der Waals surface area contributed by atoms with Crippen LogP contribution in [0.3, 0.4) is 0 Å². The zero-order valence-electron chi connectivity index (χ0n) is 14.3. The van der Waals surface area contributed by atoms with E-state index in [0.717, 1.165) is 34.0 Å². The van der Waals surface area contributed by atoms with Crippen LogP contribution in [-0.4, -0.2) is 16.4 Å². The number of ether oxygens (including phenoxy) is 1. The molecule has 0 amide bonds. The van der Waals surface area contributed by atoms with Gasteiger partial charge >= 0.3 is 0 Å². The van der Waals surface area contributed by atoms with Crippen molar-refractivity contribution in [2.45, 2.75) is 26.9 Å². The monoisotopic (exact) mass is 319 g/mol. The average Bonchev–Trinajstić information content (AvgIpc) is 2.90. The third kappa shape index (κ3) is 2.81. The van der Waals surface area contributed by atoms with E-state index < -0.39 is 0 Å². The van der Waals surface area contributed by atoms with Crippen LogP contribution in [0.15, 0.2) is 36.5 Å². The van der Waals surface area contributed by atoms with E-state index in [1.54, 1.807) is 0 Å². The van der Waals surface area contributed by atoms with Crippen LogP contribution in [-0.2, 0) is 13.0 Å². The third-order valence-corrected chi connectivity index (χ3v) is 4.23. The predicted molar refractivity (Wildman–Crippen MR) is 97.5 cm³/mol. The summed E-state index contributed by atoms with van der Waals surface area (Å²) < 4.78 is 8.12. The van der Waals surface area contributed by atoms with Crippen LogP contribution in [0.4, 0.5) is 5.69 Å². The molecule has 1 aromatic carbocycles. The van der Waals surface area contributed by atoms with E-state index in [1.807, 2.05) is 42.8 Å². The van der Waals surface area contributed by atoms with Gasteiger partial charge in [0.1, 0.15) is 6.61 Å². The molecule has 0 atom stereocenters. The lowest BCUT2D eigenvalue weighted by Gasteiger charge is -2.14. The van der Waals surface area contributed by atoms with E-state index >= 15 is 0 Å². The molecule has 4 heteroatoms. The number of terminal acetylenes is 1. The summed E-state index contributed by atoms with van der Waals surface area (Å²) in [5.41, 5.74) is 6.20. The molecule has 122 valence electrons. The molecule has 4 nitrogen and oxygen atoms in total. The van der Waals surface area contributed by atoms with E-state index in [9.17, 15) is 0 Å². The highest BCUT2D eigenvalue weighted by Crippen LogP contribution is 2.25. The Kier molecular flexibility index (Phi) is 4.43. The van der Waals surface area contributed by atoms with Crippen molar-refractivity contribution in [3.05, 3.63) is 59.0 Å². The third-order valence-electron chi connectivity index (χ3n) is 4.23. The molecule has 0 aliphatic heterocycles. The molecular formula is C20H21N3O. The summed E-state index contributed by atoms with van der Waals surface area (Å²) in [5, 5.41) is 3.22. The molecule has 0 aliphatic rings. The van der Waals surface area contributed by atoms with Gasteiger partial charge in [0.15, 0.2) is 11.4 Å². The molecule has 1 N–H and O–H groups in total. The average molecular weight is 319 g/mol. The summed E-state index contributed by atoms with van der Waals surface area (Å²) in [5.74, 6) is 3.45. The number of hydrogen-bond donors (Lipinski definition) is 1. The Morgan fingerprint density at radius 2 is 2.08 bits per heavy atom. The van der Waals surface area contributed by atoms with E-state index in [4.69, 9.17) is 11.2 Å². The molecular weight excluding hydrogens is 298 g/mol. The number of nitrogens with one attached hydrogen (secondary N) is 1. The summed E-state index contributed by atoms with van der Waals surface area (Å²) in [7, 11) is 1.92. The normalized spacial score (nSPS) is 10.6. The number of pyridine rings is 1. The van der Waals surface area contributed by atoms with Gasteiger partial charge < -0.3 is 10.1 Å². The van der Waals surface area contributed by atoms with Crippen LogP contribution < -0.4 is 10.1 Å². The number of anilines is 1. The van der Waals surface area contributed by atoms with Gasteiger partial charge in [-0.05, 0) is 37.6 Å². The number of aryl methyl sites for hydroxylation is 2. The van der Waals surface area contributed by atoms with E-state index in [-0.39, 0.29) is 0 Å². The van der Waals surface area contributed by atoms with Crippen LogP contribution in [0.25, 0.3) is 5.65 Å². The van der Waals surface area contributed by atoms with Crippen molar-refractivity contribution in [3.8, 4) is 18.1 Å².